The molecule has 9 aromatic carbocycles. The Morgan fingerprint density at radius 3 is 1.60 bits per heavy atom. The molecule has 3 heteroatoms. The lowest BCUT2D eigenvalue weighted by molar-refractivity contribution is 1.30. The Hall–Kier alpha value is -6.52. The summed E-state index contributed by atoms with van der Waals surface area (Å²) in [6, 6.07) is 73.5. The van der Waals surface area contributed by atoms with Crippen molar-refractivity contribution in [2.75, 3.05) is 4.90 Å². The van der Waals surface area contributed by atoms with Crippen molar-refractivity contribution >= 4 is 90.9 Å². The first-order valence-corrected chi connectivity index (χ1v) is 20.3. The van der Waals surface area contributed by atoms with Crippen LogP contribution in [0.1, 0.15) is 0 Å². The Bertz CT molecular complexity index is 3210. The first-order valence-electron chi connectivity index (χ1n) is 18.7. The van der Waals surface area contributed by atoms with Gasteiger partial charge in [-0.1, -0.05) is 158 Å². The van der Waals surface area contributed by atoms with Crippen molar-refractivity contribution < 1.29 is 0 Å². The molecule has 0 saturated heterocycles. The molecule has 55 heavy (non-hydrogen) atoms. The minimum atomic E-state index is 1.12. The third kappa shape index (κ3) is 5.35. The molecule has 11 aromatic rings. The van der Waals surface area contributed by atoms with Crippen LogP contribution >= 0.6 is 22.7 Å². The van der Waals surface area contributed by atoms with Gasteiger partial charge in [-0.2, -0.15) is 0 Å². The molecular weight excluding hydrogens is 703 g/mol. The van der Waals surface area contributed by atoms with Gasteiger partial charge in [0.2, 0.25) is 0 Å². The van der Waals surface area contributed by atoms with Gasteiger partial charge in [-0.25, -0.2) is 0 Å². The monoisotopic (exact) mass is 735 g/mol. The smallest absolute Gasteiger partial charge is 0.0540 e. The van der Waals surface area contributed by atoms with E-state index in [1.807, 2.05) is 22.7 Å². The van der Waals surface area contributed by atoms with Crippen molar-refractivity contribution in [2.24, 2.45) is 0 Å². The minimum absolute atomic E-state index is 1.12. The molecule has 0 atom stereocenters. The van der Waals surface area contributed by atoms with Crippen LogP contribution in [0.15, 0.2) is 200 Å². The highest BCUT2D eigenvalue weighted by Crippen LogP contribution is 2.48. The maximum atomic E-state index is 2.48. The van der Waals surface area contributed by atoms with Crippen molar-refractivity contribution in [1.82, 2.24) is 0 Å². The number of hydrogen-bond donors (Lipinski definition) is 0. The average molecular weight is 736 g/mol. The predicted molar refractivity (Wildman–Crippen MR) is 241 cm³/mol. The summed E-state index contributed by atoms with van der Waals surface area (Å²) in [5.41, 5.74) is 10.8. The molecule has 0 aliphatic rings. The zero-order chi connectivity index (χ0) is 36.3. The van der Waals surface area contributed by atoms with Crippen LogP contribution in [0.25, 0.3) is 84.5 Å². The molecular formula is C52H33NS2. The lowest BCUT2D eigenvalue weighted by Gasteiger charge is -2.29. The van der Waals surface area contributed by atoms with Gasteiger partial charge < -0.3 is 4.90 Å². The summed E-state index contributed by atoms with van der Waals surface area (Å²) in [7, 11) is 0. The summed E-state index contributed by atoms with van der Waals surface area (Å²) >= 11 is 3.75. The molecule has 0 radical (unpaired) electrons. The zero-order valence-corrected chi connectivity index (χ0v) is 31.4. The summed E-state index contributed by atoms with van der Waals surface area (Å²) in [6.07, 6.45) is 0. The first-order chi connectivity index (χ1) is 27.3. The lowest BCUT2D eigenvalue weighted by Crippen LogP contribution is -2.11. The van der Waals surface area contributed by atoms with Gasteiger partial charge in [0.1, 0.15) is 0 Å². The second kappa shape index (κ2) is 13.1. The molecule has 0 bridgehead atoms. The van der Waals surface area contributed by atoms with Crippen LogP contribution in [0.5, 0.6) is 0 Å². The van der Waals surface area contributed by atoms with Crippen molar-refractivity contribution in [1.29, 1.82) is 0 Å². The van der Waals surface area contributed by atoms with Crippen LogP contribution in [-0.2, 0) is 0 Å². The summed E-state index contributed by atoms with van der Waals surface area (Å²) in [6.45, 7) is 0. The van der Waals surface area contributed by atoms with Gasteiger partial charge in [0.25, 0.3) is 0 Å². The largest absolute Gasteiger partial charge is 0.310 e. The maximum absolute atomic E-state index is 2.48. The molecule has 1 nitrogen and oxygen atoms in total. The molecule has 2 heterocycles. The van der Waals surface area contributed by atoms with E-state index in [1.165, 1.54) is 84.5 Å². The van der Waals surface area contributed by atoms with E-state index in [0.29, 0.717) is 0 Å². The number of rotatable bonds is 6. The molecule has 0 fully saturated rings. The van der Waals surface area contributed by atoms with Crippen LogP contribution in [-0.4, -0.2) is 0 Å². The van der Waals surface area contributed by atoms with Crippen LogP contribution in [0.2, 0.25) is 0 Å². The summed E-state index contributed by atoms with van der Waals surface area (Å²) < 4.78 is 5.22. The van der Waals surface area contributed by atoms with Gasteiger partial charge in [-0.05, 0) is 75.7 Å². The first kappa shape index (κ1) is 32.0. The standard InChI is InChI=1S/C52H33NS2/c1-3-14-34(15-4-1)38-30-31-48(41-19-8-7-18-40(38)41)53(37-27-29-44-42-20-9-11-24-49(42)54-51(44)33-37)36-26-28-39(35-16-5-2-6-17-35)47(32-36)46-23-13-22-45-43-21-10-12-25-50(43)55-52(45)46/h1-33H. The summed E-state index contributed by atoms with van der Waals surface area (Å²) in [5, 5.41) is 7.66. The fourth-order valence-corrected chi connectivity index (χ4v) is 10.7. The number of anilines is 3. The molecule has 0 unspecified atom stereocenters. The van der Waals surface area contributed by atoms with E-state index in [-0.39, 0.29) is 0 Å². The summed E-state index contributed by atoms with van der Waals surface area (Å²) in [4.78, 5) is 2.48. The van der Waals surface area contributed by atoms with Gasteiger partial charge >= 0.3 is 0 Å². The van der Waals surface area contributed by atoms with Gasteiger partial charge in [0.05, 0.1) is 5.69 Å². The van der Waals surface area contributed by atoms with Gasteiger partial charge in [0, 0.05) is 62.7 Å². The van der Waals surface area contributed by atoms with Crippen molar-refractivity contribution in [3.8, 4) is 33.4 Å². The number of thiophene rings is 2. The van der Waals surface area contributed by atoms with Crippen molar-refractivity contribution in [3.05, 3.63) is 200 Å². The molecule has 0 amide bonds. The van der Waals surface area contributed by atoms with Crippen LogP contribution < -0.4 is 4.90 Å². The van der Waals surface area contributed by atoms with E-state index in [0.717, 1.165) is 17.1 Å². The number of nitrogens with zero attached hydrogens (tertiary/aromatic N) is 1. The Kier molecular flexibility index (Phi) is 7.61. The predicted octanol–water partition coefficient (Wildman–Crippen LogP) is 16.0. The Labute approximate surface area is 327 Å². The molecule has 2 aromatic heterocycles. The number of fused-ring (bicyclic) bond motifs is 7. The molecule has 0 aliphatic heterocycles. The second-order valence-electron chi connectivity index (χ2n) is 14.0. The lowest BCUT2D eigenvalue weighted by atomic mass is 9.92. The van der Waals surface area contributed by atoms with E-state index in [2.05, 4.69) is 205 Å². The van der Waals surface area contributed by atoms with E-state index in [9.17, 15) is 0 Å². The van der Waals surface area contributed by atoms with E-state index < -0.39 is 0 Å². The van der Waals surface area contributed by atoms with Gasteiger partial charge in [-0.3, -0.25) is 0 Å². The molecule has 0 aliphatic carbocycles. The van der Waals surface area contributed by atoms with E-state index in [4.69, 9.17) is 0 Å². The quantitative estimate of drug-likeness (QED) is 0.164. The highest BCUT2D eigenvalue weighted by atomic mass is 32.1. The highest BCUT2D eigenvalue weighted by molar-refractivity contribution is 7.26. The number of hydrogen-bond acceptors (Lipinski definition) is 3. The molecule has 11 rings (SSSR count). The van der Waals surface area contributed by atoms with Crippen LogP contribution in [0, 0.1) is 0 Å². The Morgan fingerprint density at radius 2 is 0.836 bits per heavy atom. The van der Waals surface area contributed by atoms with E-state index >= 15 is 0 Å². The van der Waals surface area contributed by atoms with E-state index in [1.54, 1.807) is 0 Å². The third-order valence-corrected chi connectivity index (χ3v) is 13.2. The molecule has 258 valence electrons. The zero-order valence-electron chi connectivity index (χ0n) is 29.8. The molecule has 0 N–H and O–H groups in total. The van der Waals surface area contributed by atoms with Gasteiger partial charge in [0.15, 0.2) is 0 Å². The van der Waals surface area contributed by atoms with Gasteiger partial charge in [-0.15, -0.1) is 22.7 Å². The molecule has 0 spiro atoms. The normalized spacial score (nSPS) is 11.6. The third-order valence-electron chi connectivity index (χ3n) is 10.9. The SMILES string of the molecule is c1ccc(-c2ccc(N(c3ccc4c(c3)sc3ccccc34)c3ccc(-c4ccccc4)c4ccccc34)cc2-c2cccc3c2sc2ccccc23)cc1. The van der Waals surface area contributed by atoms with Crippen LogP contribution in [0.4, 0.5) is 17.1 Å². The maximum Gasteiger partial charge on any atom is 0.0540 e. The second-order valence-corrected chi connectivity index (χ2v) is 16.2. The Morgan fingerprint density at radius 1 is 0.291 bits per heavy atom. The topological polar surface area (TPSA) is 3.24 Å². The minimum Gasteiger partial charge on any atom is -0.310 e. The van der Waals surface area contributed by atoms with Crippen molar-refractivity contribution in [2.45, 2.75) is 0 Å². The Balaban J connectivity index is 1.20. The summed E-state index contributed by atoms with van der Waals surface area (Å²) in [5.74, 6) is 0. The average Bonchev–Trinajstić information content (AvgIpc) is 3.83. The fourth-order valence-electron chi connectivity index (χ4n) is 8.35. The molecule has 0 saturated carbocycles. The number of benzene rings is 9. The van der Waals surface area contributed by atoms with Crippen LogP contribution in [0.3, 0.4) is 0 Å². The highest BCUT2D eigenvalue weighted by Gasteiger charge is 2.22. The fraction of sp³-hybridized carbons (Fsp3) is 0. The van der Waals surface area contributed by atoms with Crippen molar-refractivity contribution in [3.63, 3.8) is 0 Å².